The Kier molecular flexibility index (Phi) is 9.65. The Morgan fingerprint density at radius 3 is 1.91 bits per heavy atom. The van der Waals surface area contributed by atoms with Crippen LogP contribution in [0.15, 0.2) is 60.7 Å². The molecule has 0 bridgehead atoms. The van der Waals surface area contributed by atoms with Crippen LogP contribution in [0.1, 0.15) is 45.7 Å². The number of nitrogens with one attached hydrogen (secondary N) is 2. The Hall–Kier alpha value is -4.42. The van der Waals surface area contributed by atoms with Gasteiger partial charge in [0, 0.05) is 49.7 Å². The van der Waals surface area contributed by atoms with Crippen molar-refractivity contribution < 1.29 is 40.7 Å². The maximum atomic E-state index is 13.3. The molecule has 1 fully saturated rings. The highest BCUT2D eigenvalue weighted by Gasteiger charge is 2.37. The van der Waals surface area contributed by atoms with Gasteiger partial charge in [-0.3, -0.25) is 9.59 Å². The number of ether oxygens (including phenoxy) is 1. The lowest BCUT2D eigenvalue weighted by molar-refractivity contribution is -0.143. The summed E-state index contributed by atoms with van der Waals surface area (Å²) in [5.74, 6) is -0.750. The molecule has 1 saturated heterocycles. The molecule has 3 aromatic carbocycles. The lowest BCUT2D eigenvalue weighted by Gasteiger charge is -2.38. The molecule has 0 saturated carbocycles. The highest BCUT2D eigenvalue weighted by atomic mass is 19.4. The van der Waals surface area contributed by atoms with Crippen molar-refractivity contribution in [2.75, 3.05) is 55.0 Å². The van der Waals surface area contributed by atoms with Gasteiger partial charge in [0.25, 0.3) is 11.8 Å². The van der Waals surface area contributed by atoms with E-state index in [1.165, 1.54) is 12.1 Å². The van der Waals surface area contributed by atoms with E-state index < -0.39 is 40.9 Å². The molecule has 0 aromatic heterocycles. The van der Waals surface area contributed by atoms with Gasteiger partial charge in [0.15, 0.2) is 0 Å². The van der Waals surface area contributed by atoms with Gasteiger partial charge in [-0.25, -0.2) is 0 Å². The van der Waals surface area contributed by atoms with Crippen LogP contribution in [0, 0.1) is 5.92 Å². The molecule has 44 heavy (non-hydrogen) atoms. The number of amides is 2. The van der Waals surface area contributed by atoms with E-state index in [0.29, 0.717) is 50.5 Å². The predicted octanol–water partition coefficient (Wildman–Crippen LogP) is 6.70. The molecule has 1 aliphatic heterocycles. The molecule has 4 rings (SSSR count). The summed E-state index contributed by atoms with van der Waals surface area (Å²) in [6.07, 6.45) is -10.2. The van der Waals surface area contributed by atoms with Crippen LogP contribution in [0.2, 0.25) is 0 Å². The Morgan fingerprint density at radius 2 is 1.36 bits per heavy atom. The molecule has 13 heteroatoms. The van der Waals surface area contributed by atoms with Crippen molar-refractivity contribution in [1.82, 2.24) is 5.32 Å². The van der Waals surface area contributed by atoms with E-state index in [1.54, 1.807) is 13.2 Å². The number of carbonyl (C=O) groups is 2. The maximum absolute atomic E-state index is 13.3. The molecule has 0 aliphatic carbocycles. The number of nitrogens with zero attached hydrogens (tertiary/aromatic N) is 2. The quantitative estimate of drug-likeness (QED) is 0.274. The summed E-state index contributed by atoms with van der Waals surface area (Å²) in [6.45, 7) is 6.50. The molecular formula is C31H32F6N4O3. The third kappa shape index (κ3) is 7.74. The second-order valence-corrected chi connectivity index (χ2v) is 10.7. The Labute approximate surface area is 250 Å². The maximum Gasteiger partial charge on any atom is 0.416 e. The standard InChI is InChI=1S/C31H32F6N4O3/c1-19(2)18-38-29(43)24-17-23(39-28(42)20-14-21(30(32,33)34)16-22(15-20)31(35,36)37)8-9-25(24)40-10-12-41(13-11-40)26-6-4-5-7-27(26)44-3/h4-9,14-17,19H,10-13,18H2,1-3H3,(H,38,43)(H,39,42). The van der Waals surface area contributed by atoms with Gasteiger partial charge < -0.3 is 25.2 Å². The van der Waals surface area contributed by atoms with E-state index in [2.05, 4.69) is 15.5 Å². The summed E-state index contributed by atoms with van der Waals surface area (Å²) >= 11 is 0. The molecule has 2 N–H and O–H groups in total. The number of halogens is 6. The van der Waals surface area contributed by atoms with Gasteiger partial charge in [0.1, 0.15) is 5.75 Å². The lowest BCUT2D eigenvalue weighted by atomic mass is 10.0. The van der Waals surface area contributed by atoms with Crippen LogP contribution in [0.5, 0.6) is 5.75 Å². The Bertz CT molecular complexity index is 1470. The molecule has 1 aliphatic rings. The van der Waals surface area contributed by atoms with Crippen LogP contribution >= 0.6 is 0 Å². The van der Waals surface area contributed by atoms with E-state index in [1.807, 2.05) is 43.0 Å². The van der Waals surface area contributed by atoms with Gasteiger partial charge >= 0.3 is 12.4 Å². The molecule has 0 spiro atoms. The van der Waals surface area contributed by atoms with Gasteiger partial charge in [-0.15, -0.1) is 0 Å². The first kappa shape index (κ1) is 32.5. The van der Waals surface area contributed by atoms with Crippen molar-refractivity contribution in [3.63, 3.8) is 0 Å². The second kappa shape index (κ2) is 13.1. The summed E-state index contributed by atoms with van der Waals surface area (Å²) in [5.41, 5.74) is -2.29. The van der Waals surface area contributed by atoms with E-state index in [4.69, 9.17) is 4.74 Å². The molecule has 7 nitrogen and oxygen atoms in total. The molecule has 236 valence electrons. The number of alkyl halides is 6. The normalized spacial score (nSPS) is 14.0. The van der Waals surface area contributed by atoms with Crippen LogP contribution in [0.25, 0.3) is 0 Å². The number of carbonyl (C=O) groups excluding carboxylic acids is 2. The van der Waals surface area contributed by atoms with Crippen LogP contribution in [-0.4, -0.2) is 51.6 Å². The van der Waals surface area contributed by atoms with Gasteiger partial charge in [-0.2, -0.15) is 26.3 Å². The molecule has 0 unspecified atom stereocenters. The fraction of sp³-hybridized carbons (Fsp3) is 0.355. The number of hydrogen-bond acceptors (Lipinski definition) is 5. The van der Waals surface area contributed by atoms with Crippen molar-refractivity contribution in [2.45, 2.75) is 26.2 Å². The Morgan fingerprint density at radius 1 is 0.795 bits per heavy atom. The predicted molar refractivity (Wildman–Crippen MR) is 155 cm³/mol. The smallest absolute Gasteiger partial charge is 0.416 e. The summed E-state index contributed by atoms with van der Waals surface area (Å²) in [4.78, 5) is 30.3. The number of hydrogen-bond donors (Lipinski definition) is 2. The number of benzene rings is 3. The number of piperazine rings is 1. The molecule has 2 amide bonds. The van der Waals surface area contributed by atoms with Crippen molar-refractivity contribution >= 4 is 28.9 Å². The van der Waals surface area contributed by atoms with E-state index in [-0.39, 0.29) is 23.2 Å². The number of anilines is 3. The minimum atomic E-state index is -5.10. The zero-order valence-electron chi connectivity index (χ0n) is 24.3. The minimum absolute atomic E-state index is 0.0343. The van der Waals surface area contributed by atoms with Crippen LogP contribution < -0.4 is 25.2 Å². The van der Waals surface area contributed by atoms with Gasteiger partial charge in [0.05, 0.1) is 29.5 Å². The monoisotopic (exact) mass is 622 g/mol. The third-order valence-electron chi connectivity index (χ3n) is 7.07. The van der Waals surface area contributed by atoms with Crippen LogP contribution in [0.4, 0.5) is 43.4 Å². The van der Waals surface area contributed by atoms with Crippen LogP contribution in [-0.2, 0) is 12.4 Å². The topological polar surface area (TPSA) is 73.9 Å². The molecule has 0 atom stereocenters. The van der Waals surface area contributed by atoms with Crippen LogP contribution in [0.3, 0.4) is 0 Å². The third-order valence-corrected chi connectivity index (χ3v) is 7.07. The number of methoxy groups -OCH3 is 1. The van der Waals surface area contributed by atoms with Crippen molar-refractivity contribution in [2.24, 2.45) is 5.92 Å². The Balaban J connectivity index is 1.61. The summed E-state index contributed by atoms with van der Waals surface area (Å²) in [6, 6.07) is 12.7. The first-order valence-electron chi connectivity index (χ1n) is 13.8. The van der Waals surface area contributed by atoms with Crippen molar-refractivity contribution in [3.05, 3.63) is 82.9 Å². The molecule has 0 radical (unpaired) electrons. The highest BCUT2D eigenvalue weighted by molar-refractivity contribution is 6.06. The largest absolute Gasteiger partial charge is 0.495 e. The average Bonchev–Trinajstić information content (AvgIpc) is 2.98. The second-order valence-electron chi connectivity index (χ2n) is 10.7. The van der Waals surface area contributed by atoms with Gasteiger partial charge in [-0.1, -0.05) is 26.0 Å². The zero-order chi connectivity index (χ0) is 32.2. The van der Waals surface area contributed by atoms with Gasteiger partial charge in [0.2, 0.25) is 0 Å². The molecule has 1 heterocycles. The number of para-hydroxylation sites is 2. The fourth-order valence-electron chi connectivity index (χ4n) is 4.83. The SMILES string of the molecule is COc1ccccc1N1CCN(c2ccc(NC(=O)c3cc(C(F)(F)F)cc(C(F)(F)F)c3)cc2C(=O)NCC(C)C)CC1. The fourth-order valence-corrected chi connectivity index (χ4v) is 4.83. The zero-order valence-corrected chi connectivity index (χ0v) is 24.3. The van der Waals surface area contributed by atoms with E-state index in [0.717, 1.165) is 11.4 Å². The average molecular weight is 623 g/mol. The highest BCUT2D eigenvalue weighted by Crippen LogP contribution is 2.37. The summed E-state index contributed by atoms with van der Waals surface area (Å²) < 4.78 is 85.4. The first-order valence-corrected chi connectivity index (χ1v) is 13.8. The molecular weight excluding hydrogens is 590 g/mol. The molecule has 3 aromatic rings. The first-order chi connectivity index (χ1) is 20.7. The minimum Gasteiger partial charge on any atom is -0.495 e. The van der Waals surface area contributed by atoms with Crippen molar-refractivity contribution in [1.29, 1.82) is 0 Å². The van der Waals surface area contributed by atoms with E-state index in [9.17, 15) is 35.9 Å². The number of rotatable bonds is 8. The van der Waals surface area contributed by atoms with Crippen molar-refractivity contribution in [3.8, 4) is 5.75 Å². The van der Waals surface area contributed by atoms with E-state index >= 15 is 0 Å². The lowest BCUT2D eigenvalue weighted by Crippen LogP contribution is -2.47. The van der Waals surface area contributed by atoms with Gasteiger partial charge in [-0.05, 0) is 54.4 Å². The summed E-state index contributed by atoms with van der Waals surface area (Å²) in [5, 5.41) is 5.19. The summed E-state index contributed by atoms with van der Waals surface area (Å²) in [7, 11) is 1.60.